The first kappa shape index (κ1) is 12.9. The highest BCUT2D eigenvalue weighted by Crippen LogP contribution is 2.27. The molecule has 2 N–H and O–H groups in total. The van der Waals surface area contributed by atoms with Gasteiger partial charge in [-0.05, 0) is 24.9 Å². The van der Waals surface area contributed by atoms with Crippen molar-refractivity contribution in [1.82, 2.24) is 4.90 Å². The number of ether oxygens (including phenoxy) is 2. The van der Waals surface area contributed by atoms with E-state index in [1.165, 1.54) is 6.42 Å². The van der Waals surface area contributed by atoms with Gasteiger partial charge in [-0.15, -0.1) is 0 Å². The highest BCUT2D eigenvalue weighted by Gasteiger charge is 2.31. The van der Waals surface area contributed by atoms with E-state index >= 15 is 0 Å². The van der Waals surface area contributed by atoms with Crippen molar-refractivity contribution in [3.05, 3.63) is 0 Å². The maximum atomic E-state index is 5.75. The standard InChI is InChI=1S/C11H24N2O2/c1-11(9-12)3-4-13(10-11)5-6-15-8-7-14-2/h3-10,12H2,1-2H3. The molecule has 0 aliphatic carbocycles. The number of rotatable bonds is 7. The molecule has 1 aliphatic rings. The molecule has 1 fully saturated rings. The Bertz CT molecular complexity index is 178. The number of methoxy groups -OCH3 is 1. The monoisotopic (exact) mass is 216 g/mol. The van der Waals surface area contributed by atoms with E-state index in [2.05, 4.69) is 11.8 Å². The quantitative estimate of drug-likeness (QED) is 0.623. The van der Waals surface area contributed by atoms with Crippen LogP contribution < -0.4 is 5.73 Å². The second kappa shape index (κ2) is 6.43. The summed E-state index contributed by atoms with van der Waals surface area (Å²) in [7, 11) is 1.69. The molecule has 0 aromatic rings. The fourth-order valence-electron chi connectivity index (χ4n) is 1.92. The first-order valence-electron chi connectivity index (χ1n) is 5.69. The molecule has 1 heterocycles. The molecule has 0 radical (unpaired) electrons. The highest BCUT2D eigenvalue weighted by molar-refractivity contribution is 4.86. The Labute approximate surface area is 92.7 Å². The summed E-state index contributed by atoms with van der Waals surface area (Å²) in [5, 5.41) is 0. The van der Waals surface area contributed by atoms with Crippen LogP contribution in [-0.2, 0) is 9.47 Å². The lowest BCUT2D eigenvalue weighted by Crippen LogP contribution is -2.32. The van der Waals surface area contributed by atoms with Crippen molar-refractivity contribution < 1.29 is 9.47 Å². The lowest BCUT2D eigenvalue weighted by molar-refractivity contribution is 0.0591. The van der Waals surface area contributed by atoms with E-state index in [0.29, 0.717) is 18.6 Å². The predicted octanol–water partition coefficient (Wildman–Crippen LogP) is 0.320. The van der Waals surface area contributed by atoms with E-state index in [-0.39, 0.29) is 0 Å². The molecule has 0 aromatic heterocycles. The first-order chi connectivity index (χ1) is 7.20. The van der Waals surface area contributed by atoms with Gasteiger partial charge in [0.25, 0.3) is 0 Å². The van der Waals surface area contributed by atoms with Gasteiger partial charge in [0.15, 0.2) is 0 Å². The van der Waals surface area contributed by atoms with Gasteiger partial charge >= 0.3 is 0 Å². The van der Waals surface area contributed by atoms with E-state index in [4.69, 9.17) is 15.2 Å². The predicted molar refractivity (Wildman–Crippen MR) is 60.9 cm³/mol. The van der Waals surface area contributed by atoms with Crippen LogP contribution in [0.4, 0.5) is 0 Å². The van der Waals surface area contributed by atoms with E-state index in [0.717, 1.165) is 32.8 Å². The second-order valence-electron chi connectivity index (χ2n) is 4.65. The molecule has 4 nitrogen and oxygen atoms in total. The van der Waals surface area contributed by atoms with Crippen LogP contribution in [0.2, 0.25) is 0 Å². The summed E-state index contributed by atoms with van der Waals surface area (Å²) in [6.45, 7) is 8.49. The average molecular weight is 216 g/mol. The lowest BCUT2D eigenvalue weighted by atomic mass is 9.90. The molecule has 90 valence electrons. The van der Waals surface area contributed by atoms with Crippen molar-refractivity contribution in [3.63, 3.8) is 0 Å². The Balaban J connectivity index is 2.04. The van der Waals surface area contributed by atoms with Gasteiger partial charge in [0.05, 0.1) is 19.8 Å². The van der Waals surface area contributed by atoms with Crippen LogP contribution in [0.1, 0.15) is 13.3 Å². The van der Waals surface area contributed by atoms with Gasteiger partial charge in [-0.1, -0.05) is 6.92 Å². The van der Waals surface area contributed by atoms with Crippen molar-refractivity contribution in [2.45, 2.75) is 13.3 Å². The van der Waals surface area contributed by atoms with Gasteiger partial charge in [-0.25, -0.2) is 0 Å². The van der Waals surface area contributed by atoms with E-state index < -0.39 is 0 Å². The molecule has 0 amide bonds. The second-order valence-corrected chi connectivity index (χ2v) is 4.65. The summed E-state index contributed by atoms with van der Waals surface area (Å²) in [5.41, 5.74) is 6.08. The zero-order chi connectivity index (χ0) is 11.1. The molecule has 1 atom stereocenters. The van der Waals surface area contributed by atoms with Crippen molar-refractivity contribution >= 4 is 0 Å². The third-order valence-electron chi connectivity index (χ3n) is 3.11. The van der Waals surface area contributed by atoms with Crippen LogP contribution >= 0.6 is 0 Å². The average Bonchev–Trinajstić information content (AvgIpc) is 2.61. The van der Waals surface area contributed by atoms with Crippen LogP contribution in [0.25, 0.3) is 0 Å². The number of hydrogen-bond acceptors (Lipinski definition) is 4. The highest BCUT2D eigenvalue weighted by atomic mass is 16.5. The van der Waals surface area contributed by atoms with Crippen molar-refractivity contribution in [2.24, 2.45) is 11.1 Å². The van der Waals surface area contributed by atoms with Gasteiger partial charge in [0.1, 0.15) is 0 Å². The molecule has 0 aromatic carbocycles. The number of hydrogen-bond donors (Lipinski definition) is 1. The van der Waals surface area contributed by atoms with Gasteiger partial charge in [0, 0.05) is 20.2 Å². The topological polar surface area (TPSA) is 47.7 Å². The van der Waals surface area contributed by atoms with E-state index in [1.54, 1.807) is 7.11 Å². The number of nitrogens with two attached hydrogens (primary N) is 1. The molecular formula is C11H24N2O2. The van der Waals surface area contributed by atoms with Crippen molar-refractivity contribution in [2.75, 3.05) is 53.1 Å². The van der Waals surface area contributed by atoms with Gasteiger partial charge in [0.2, 0.25) is 0 Å². The Morgan fingerprint density at radius 3 is 2.73 bits per heavy atom. The zero-order valence-electron chi connectivity index (χ0n) is 10.00. The zero-order valence-corrected chi connectivity index (χ0v) is 10.00. The fraction of sp³-hybridized carbons (Fsp3) is 1.00. The van der Waals surface area contributed by atoms with Gasteiger partial charge in [-0.2, -0.15) is 0 Å². The van der Waals surface area contributed by atoms with Crippen LogP contribution in [0.15, 0.2) is 0 Å². The summed E-state index contributed by atoms with van der Waals surface area (Å²) >= 11 is 0. The maximum absolute atomic E-state index is 5.75. The fourth-order valence-corrected chi connectivity index (χ4v) is 1.92. The molecule has 0 spiro atoms. The largest absolute Gasteiger partial charge is 0.382 e. The SMILES string of the molecule is COCCOCCN1CCC(C)(CN)C1. The Morgan fingerprint density at radius 1 is 1.33 bits per heavy atom. The normalized spacial score (nSPS) is 27.4. The van der Waals surface area contributed by atoms with E-state index in [9.17, 15) is 0 Å². The molecule has 15 heavy (non-hydrogen) atoms. The summed E-state index contributed by atoms with van der Waals surface area (Å²) in [6, 6.07) is 0. The minimum Gasteiger partial charge on any atom is -0.382 e. The van der Waals surface area contributed by atoms with Crippen LogP contribution in [-0.4, -0.2) is 58.0 Å². The Morgan fingerprint density at radius 2 is 2.13 bits per heavy atom. The lowest BCUT2D eigenvalue weighted by Gasteiger charge is -2.22. The number of nitrogens with zero attached hydrogens (tertiary/aromatic N) is 1. The summed E-state index contributed by atoms with van der Waals surface area (Å²) in [5.74, 6) is 0. The van der Waals surface area contributed by atoms with Crippen molar-refractivity contribution in [1.29, 1.82) is 0 Å². The first-order valence-corrected chi connectivity index (χ1v) is 5.69. The molecule has 0 bridgehead atoms. The van der Waals surface area contributed by atoms with Crippen molar-refractivity contribution in [3.8, 4) is 0 Å². The molecule has 1 saturated heterocycles. The molecule has 1 rings (SSSR count). The molecule has 1 unspecified atom stereocenters. The van der Waals surface area contributed by atoms with E-state index in [1.807, 2.05) is 0 Å². The summed E-state index contributed by atoms with van der Waals surface area (Å²) in [4.78, 5) is 2.43. The molecule has 4 heteroatoms. The number of likely N-dealkylation sites (tertiary alicyclic amines) is 1. The Kier molecular flexibility index (Phi) is 5.53. The van der Waals surface area contributed by atoms with Gasteiger partial charge in [-0.3, -0.25) is 0 Å². The van der Waals surface area contributed by atoms with Crippen LogP contribution in [0.3, 0.4) is 0 Å². The van der Waals surface area contributed by atoms with Gasteiger partial charge < -0.3 is 20.1 Å². The minimum absolute atomic E-state index is 0.326. The third-order valence-corrected chi connectivity index (χ3v) is 3.11. The smallest absolute Gasteiger partial charge is 0.0700 e. The minimum atomic E-state index is 0.326. The summed E-state index contributed by atoms with van der Waals surface area (Å²) < 4.78 is 10.3. The molecule has 0 saturated carbocycles. The molecular weight excluding hydrogens is 192 g/mol. The third kappa shape index (κ3) is 4.47. The molecule has 1 aliphatic heterocycles. The Hall–Kier alpha value is -0.160. The maximum Gasteiger partial charge on any atom is 0.0700 e. The van der Waals surface area contributed by atoms with Crippen LogP contribution in [0, 0.1) is 5.41 Å². The summed E-state index contributed by atoms with van der Waals surface area (Å²) in [6.07, 6.45) is 1.21. The van der Waals surface area contributed by atoms with Crippen LogP contribution in [0.5, 0.6) is 0 Å².